The first-order chi connectivity index (χ1) is 12.6. The van der Waals surface area contributed by atoms with Crippen molar-refractivity contribution >= 4 is 24.2 Å². The van der Waals surface area contributed by atoms with Crippen LogP contribution >= 0.6 is 7.92 Å². The fourth-order valence-corrected chi connectivity index (χ4v) is 6.15. The fourth-order valence-electron chi connectivity index (χ4n) is 3.83. The van der Waals surface area contributed by atoms with Gasteiger partial charge in [-0.1, -0.05) is 92.7 Å². The van der Waals surface area contributed by atoms with Crippen molar-refractivity contribution in [2.45, 2.75) is 19.3 Å². The maximum absolute atomic E-state index is 2.51. The van der Waals surface area contributed by atoms with Gasteiger partial charge in [-0.3, -0.25) is 0 Å². The lowest BCUT2D eigenvalue weighted by Gasteiger charge is -2.27. The molecule has 0 N–H and O–H groups in total. The van der Waals surface area contributed by atoms with Gasteiger partial charge < -0.3 is 4.90 Å². The second-order valence-corrected chi connectivity index (χ2v) is 9.29. The Morgan fingerprint density at radius 2 is 1.23 bits per heavy atom. The van der Waals surface area contributed by atoms with Gasteiger partial charge in [-0.05, 0) is 36.0 Å². The lowest BCUT2D eigenvalue weighted by Crippen LogP contribution is -2.24. The van der Waals surface area contributed by atoms with E-state index >= 15 is 0 Å². The van der Waals surface area contributed by atoms with Gasteiger partial charge in [0.05, 0.1) is 0 Å². The third kappa shape index (κ3) is 2.87. The maximum Gasteiger partial charge on any atom is 0.0447 e. The van der Waals surface area contributed by atoms with Gasteiger partial charge in [0.15, 0.2) is 0 Å². The van der Waals surface area contributed by atoms with Crippen molar-refractivity contribution in [3.8, 4) is 0 Å². The van der Waals surface area contributed by atoms with E-state index < -0.39 is 7.92 Å². The topological polar surface area (TPSA) is 3.24 Å². The quantitative estimate of drug-likeness (QED) is 0.568. The summed E-state index contributed by atoms with van der Waals surface area (Å²) in [7, 11) is 1.64. The third-order valence-electron chi connectivity index (χ3n) is 5.26. The van der Waals surface area contributed by atoms with Crippen LogP contribution in [-0.4, -0.2) is 7.05 Å². The smallest absolute Gasteiger partial charge is 0.0447 e. The molecule has 4 rings (SSSR count). The minimum absolute atomic E-state index is 0.00941. The molecule has 0 bridgehead atoms. The SMILES string of the molecule is CN1/C(=C\P(c2ccccc2)c2ccccc2)C(C)(C)c2ccccc21. The highest BCUT2D eigenvalue weighted by Gasteiger charge is 2.38. The van der Waals surface area contributed by atoms with E-state index in [0.717, 1.165) is 0 Å². The van der Waals surface area contributed by atoms with Crippen LogP contribution in [0.3, 0.4) is 0 Å². The molecule has 130 valence electrons. The van der Waals surface area contributed by atoms with Crippen molar-refractivity contribution in [2.75, 3.05) is 11.9 Å². The van der Waals surface area contributed by atoms with Crippen LogP contribution in [0, 0.1) is 0 Å². The van der Waals surface area contributed by atoms with Crippen molar-refractivity contribution < 1.29 is 0 Å². The van der Waals surface area contributed by atoms with Crippen LogP contribution in [0.5, 0.6) is 0 Å². The number of allylic oxidation sites excluding steroid dienone is 1. The third-order valence-corrected chi connectivity index (χ3v) is 7.47. The monoisotopic (exact) mass is 357 g/mol. The van der Waals surface area contributed by atoms with Crippen LogP contribution in [0.15, 0.2) is 96.4 Å². The zero-order chi connectivity index (χ0) is 18.1. The number of nitrogens with zero attached hydrogens (tertiary/aromatic N) is 1. The molecule has 0 aromatic heterocycles. The molecule has 0 fully saturated rings. The van der Waals surface area contributed by atoms with E-state index in [2.05, 4.69) is 117 Å². The summed E-state index contributed by atoms with van der Waals surface area (Å²) in [5.74, 6) is 2.51. The van der Waals surface area contributed by atoms with E-state index in [1.54, 1.807) is 0 Å². The molecule has 0 amide bonds. The number of hydrogen-bond donors (Lipinski definition) is 0. The normalized spacial score (nSPS) is 16.9. The second-order valence-electron chi connectivity index (χ2n) is 7.26. The summed E-state index contributed by atoms with van der Waals surface area (Å²) in [5.41, 5.74) is 4.12. The summed E-state index contributed by atoms with van der Waals surface area (Å²) in [5, 5.41) is 2.78. The molecule has 0 atom stereocenters. The van der Waals surface area contributed by atoms with E-state index in [0.29, 0.717) is 0 Å². The van der Waals surface area contributed by atoms with Crippen LogP contribution in [0.2, 0.25) is 0 Å². The molecule has 1 aliphatic heterocycles. The van der Waals surface area contributed by atoms with Crippen LogP contribution in [-0.2, 0) is 5.41 Å². The molecule has 1 nitrogen and oxygen atoms in total. The van der Waals surface area contributed by atoms with Gasteiger partial charge in [0, 0.05) is 23.8 Å². The zero-order valence-corrected chi connectivity index (χ0v) is 16.4. The molecule has 1 aliphatic rings. The highest BCUT2D eigenvalue weighted by atomic mass is 31.1. The average Bonchev–Trinajstić information content (AvgIpc) is 2.88. The Balaban J connectivity index is 1.86. The number of benzene rings is 3. The van der Waals surface area contributed by atoms with Gasteiger partial charge >= 0.3 is 0 Å². The van der Waals surface area contributed by atoms with Crippen LogP contribution < -0.4 is 15.5 Å². The molecule has 0 saturated carbocycles. The standard InChI is InChI=1S/C24H24NP/c1-24(2)21-16-10-11-17-22(21)25(3)23(24)18-26(19-12-6-4-7-13-19)20-14-8-5-9-15-20/h4-18H,1-3H3/b23-18-. The zero-order valence-electron chi connectivity index (χ0n) is 15.6. The number of anilines is 1. The highest BCUT2D eigenvalue weighted by Crippen LogP contribution is 2.50. The Hall–Kier alpha value is -2.37. The maximum atomic E-state index is 2.51. The van der Waals surface area contributed by atoms with E-state index in [9.17, 15) is 0 Å². The van der Waals surface area contributed by atoms with Gasteiger partial charge in [0.25, 0.3) is 0 Å². The summed E-state index contributed by atoms with van der Waals surface area (Å²) >= 11 is 0. The second kappa shape index (κ2) is 6.74. The number of para-hydroxylation sites is 1. The van der Waals surface area contributed by atoms with Crippen molar-refractivity contribution in [2.24, 2.45) is 0 Å². The number of likely N-dealkylation sites (N-methyl/N-ethyl adjacent to an activating group) is 1. The Labute approximate surface area is 157 Å². The number of rotatable bonds is 3. The Bertz CT molecular complexity index is 889. The summed E-state index contributed by atoms with van der Waals surface area (Å²) in [6.45, 7) is 4.68. The summed E-state index contributed by atoms with van der Waals surface area (Å²) in [6.07, 6.45) is 0. The summed E-state index contributed by atoms with van der Waals surface area (Å²) in [4.78, 5) is 2.37. The summed E-state index contributed by atoms with van der Waals surface area (Å²) in [6, 6.07) is 30.5. The van der Waals surface area contributed by atoms with Gasteiger partial charge in [-0.15, -0.1) is 0 Å². The highest BCUT2D eigenvalue weighted by molar-refractivity contribution is 7.75. The Kier molecular flexibility index (Phi) is 4.42. The van der Waals surface area contributed by atoms with Crippen LogP contribution in [0.25, 0.3) is 0 Å². The predicted molar refractivity (Wildman–Crippen MR) is 115 cm³/mol. The van der Waals surface area contributed by atoms with E-state index in [1.165, 1.54) is 27.6 Å². The Morgan fingerprint density at radius 3 is 1.77 bits per heavy atom. The van der Waals surface area contributed by atoms with Gasteiger partial charge in [0.1, 0.15) is 0 Å². The largest absolute Gasteiger partial charge is 0.347 e. The molecule has 0 saturated heterocycles. The molecule has 1 heterocycles. The molecule has 2 heteroatoms. The van der Waals surface area contributed by atoms with Gasteiger partial charge in [-0.25, -0.2) is 0 Å². The molecule has 3 aromatic rings. The van der Waals surface area contributed by atoms with Crippen LogP contribution in [0.4, 0.5) is 5.69 Å². The molecule has 0 spiro atoms. The lowest BCUT2D eigenvalue weighted by atomic mass is 9.84. The van der Waals surface area contributed by atoms with Crippen LogP contribution in [0.1, 0.15) is 19.4 Å². The molecule has 0 unspecified atom stereocenters. The minimum Gasteiger partial charge on any atom is -0.347 e. The Morgan fingerprint density at radius 1 is 0.731 bits per heavy atom. The molecule has 3 aromatic carbocycles. The van der Waals surface area contributed by atoms with Gasteiger partial charge in [-0.2, -0.15) is 0 Å². The lowest BCUT2D eigenvalue weighted by molar-refractivity contribution is 0.642. The molecule has 0 radical (unpaired) electrons. The molecular formula is C24H24NP. The first-order valence-corrected chi connectivity index (χ1v) is 10.4. The van der Waals surface area contributed by atoms with Crippen molar-refractivity contribution in [3.63, 3.8) is 0 Å². The van der Waals surface area contributed by atoms with Crippen molar-refractivity contribution in [1.29, 1.82) is 0 Å². The molecular weight excluding hydrogens is 333 g/mol. The number of fused-ring (bicyclic) bond motifs is 1. The average molecular weight is 357 g/mol. The van der Waals surface area contributed by atoms with Gasteiger partial charge in [0.2, 0.25) is 0 Å². The first-order valence-electron chi connectivity index (χ1n) is 9.04. The first kappa shape index (κ1) is 17.1. The van der Waals surface area contributed by atoms with Crippen molar-refractivity contribution in [3.05, 3.63) is 102 Å². The van der Waals surface area contributed by atoms with E-state index in [4.69, 9.17) is 0 Å². The fraction of sp³-hybridized carbons (Fsp3) is 0.167. The molecule has 26 heavy (non-hydrogen) atoms. The predicted octanol–water partition coefficient (Wildman–Crippen LogP) is 5.39. The molecule has 0 aliphatic carbocycles. The van der Waals surface area contributed by atoms with E-state index in [1.807, 2.05) is 0 Å². The minimum atomic E-state index is -0.553. The van der Waals surface area contributed by atoms with E-state index in [-0.39, 0.29) is 5.41 Å². The summed E-state index contributed by atoms with van der Waals surface area (Å²) < 4.78 is 0. The number of hydrogen-bond acceptors (Lipinski definition) is 1. The van der Waals surface area contributed by atoms with Crippen molar-refractivity contribution in [1.82, 2.24) is 0 Å².